The summed E-state index contributed by atoms with van der Waals surface area (Å²) in [6.07, 6.45) is 0. The second-order valence-corrected chi connectivity index (χ2v) is 7.80. The lowest BCUT2D eigenvalue weighted by molar-refractivity contribution is 0.0951. The minimum atomic E-state index is -0.148. The number of aromatic nitrogens is 2. The van der Waals surface area contributed by atoms with Gasteiger partial charge in [0, 0.05) is 12.1 Å². The van der Waals surface area contributed by atoms with E-state index in [0.717, 1.165) is 5.56 Å². The van der Waals surface area contributed by atoms with Gasteiger partial charge in [-0.2, -0.15) is 0 Å². The van der Waals surface area contributed by atoms with Crippen molar-refractivity contribution in [1.29, 1.82) is 0 Å². The number of hydrogen-bond donors (Lipinski definition) is 1. The van der Waals surface area contributed by atoms with E-state index in [4.69, 9.17) is 0 Å². The lowest BCUT2D eigenvalue weighted by Crippen LogP contribution is -2.28. The highest BCUT2D eigenvalue weighted by molar-refractivity contribution is 5.97. The summed E-state index contributed by atoms with van der Waals surface area (Å²) in [5.74, 6) is 0.0620. The molecule has 0 saturated heterocycles. The van der Waals surface area contributed by atoms with E-state index in [1.807, 2.05) is 54.6 Å². The standard InChI is InChI=1S/C26H25N3O2/c1-18(21-11-7-4-8-12-21)16-27-25(30)22-13-14-24-23(15-22)28-19(2)26(31)29(24)17-20-9-5-3-6-10-20/h3-15,18H,16-17H2,1-2H3,(H,27,30)/t18-/m1/s1. The maximum absolute atomic E-state index is 12.7. The van der Waals surface area contributed by atoms with Crippen LogP contribution < -0.4 is 10.9 Å². The Labute approximate surface area is 181 Å². The fourth-order valence-corrected chi connectivity index (χ4v) is 3.69. The molecule has 4 rings (SSSR count). The minimum Gasteiger partial charge on any atom is -0.351 e. The zero-order valence-corrected chi connectivity index (χ0v) is 17.7. The van der Waals surface area contributed by atoms with Crippen LogP contribution in [0.1, 0.15) is 40.0 Å². The molecule has 1 atom stereocenters. The molecule has 0 saturated carbocycles. The predicted molar refractivity (Wildman–Crippen MR) is 123 cm³/mol. The van der Waals surface area contributed by atoms with Crippen molar-refractivity contribution in [1.82, 2.24) is 14.9 Å². The molecule has 5 nitrogen and oxygen atoms in total. The van der Waals surface area contributed by atoms with E-state index in [9.17, 15) is 9.59 Å². The molecule has 3 aromatic carbocycles. The molecule has 0 spiro atoms. The third kappa shape index (κ3) is 4.56. The van der Waals surface area contributed by atoms with Crippen molar-refractivity contribution in [3.8, 4) is 0 Å². The second-order valence-electron chi connectivity index (χ2n) is 7.80. The van der Waals surface area contributed by atoms with Gasteiger partial charge in [0.1, 0.15) is 5.69 Å². The average molecular weight is 412 g/mol. The lowest BCUT2D eigenvalue weighted by atomic mass is 10.0. The monoisotopic (exact) mass is 411 g/mol. The second kappa shape index (κ2) is 8.96. The zero-order chi connectivity index (χ0) is 21.8. The van der Waals surface area contributed by atoms with E-state index in [-0.39, 0.29) is 17.4 Å². The smallest absolute Gasteiger partial charge is 0.272 e. The summed E-state index contributed by atoms with van der Waals surface area (Å²) in [6, 6.07) is 25.3. The summed E-state index contributed by atoms with van der Waals surface area (Å²) >= 11 is 0. The van der Waals surface area contributed by atoms with Crippen LogP contribution in [-0.2, 0) is 6.54 Å². The van der Waals surface area contributed by atoms with Crippen LogP contribution >= 0.6 is 0 Å². The number of rotatable bonds is 6. The number of hydrogen-bond acceptors (Lipinski definition) is 3. The molecule has 31 heavy (non-hydrogen) atoms. The number of nitrogens with one attached hydrogen (secondary N) is 1. The van der Waals surface area contributed by atoms with Gasteiger partial charge in [0.15, 0.2) is 0 Å². The highest BCUT2D eigenvalue weighted by Crippen LogP contribution is 2.16. The number of aryl methyl sites for hydroxylation is 1. The van der Waals surface area contributed by atoms with Crippen LogP contribution in [0.3, 0.4) is 0 Å². The molecule has 0 bridgehead atoms. The molecule has 0 unspecified atom stereocenters. The van der Waals surface area contributed by atoms with Crippen molar-refractivity contribution in [3.63, 3.8) is 0 Å². The normalized spacial score (nSPS) is 11.9. The Kier molecular flexibility index (Phi) is 5.94. The first-order chi connectivity index (χ1) is 15.0. The number of carbonyl (C=O) groups is 1. The summed E-state index contributed by atoms with van der Waals surface area (Å²) < 4.78 is 1.71. The average Bonchev–Trinajstić information content (AvgIpc) is 2.81. The van der Waals surface area contributed by atoms with Crippen LogP contribution in [0.5, 0.6) is 0 Å². The quantitative estimate of drug-likeness (QED) is 0.515. The summed E-state index contributed by atoms with van der Waals surface area (Å²) in [5, 5.41) is 3.01. The maximum atomic E-state index is 12.7. The minimum absolute atomic E-state index is 0.120. The summed E-state index contributed by atoms with van der Waals surface area (Å²) in [7, 11) is 0. The van der Waals surface area contributed by atoms with Gasteiger partial charge in [-0.3, -0.25) is 9.59 Å². The molecule has 0 aliphatic carbocycles. The zero-order valence-electron chi connectivity index (χ0n) is 17.7. The van der Waals surface area contributed by atoms with Gasteiger partial charge in [-0.25, -0.2) is 4.98 Å². The third-order valence-corrected chi connectivity index (χ3v) is 5.49. The van der Waals surface area contributed by atoms with Crippen LogP contribution in [0, 0.1) is 6.92 Å². The number of nitrogens with zero attached hydrogens (tertiary/aromatic N) is 2. The molecule has 156 valence electrons. The van der Waals surface area contributed by atoms with E-state index in [1.54, 1.807) is 23.6 Å². The van der Waals surface area contributed by atoms with Gasteiger partial charge in [-0.1, -0.05) is 67.6 Å². The first-order valence-electron chi connectivity index (χ1n) is 10.4. The third-order valence-electron chi connectivity index (χ3n) is 5.49. The van der Waals surface area contributed by atoms with Crippen LogP contribution in [0.4, 0.5) is 0 Å². The number of amides is 1. The van der Waals surface area contributed by atoms with Crippen LogP contribution in [0.25, 0.3) is 11.0 Å². The van der Waals surface area contributed by atoms with Crippen LogP contribution in [-0.4, -0.2) is 22.0 Å². The molecule has 5 heteroatoms. The fourth-order valence-electron chi connectivity index (χ4n) is 3.69. The van der Waals surface area contributed by atoms with Crippen LogP contribution in [0.15, 0.2) is 83.7 Å². The van der Waals surface area contributed by atoms with Gasteiger partial charge in [0.2, 0.25) is 0 Å². The largest absolute Gasteiger partial charge is 0.351 e. The van der Waals surface area contributed by atoms with E-state index in [2.05, 4.69) is 29.4 Å². The van der Waals surface area contributed by atoms with Gasteiger partial charge in [-0.05, 0) is 42.2 Å². The van der Waals surface area contributed by atoms with Crippen molar-refractivity contribution in [2.45, 2.75) is 26.3 Å². The summed E-state index contributed by atoms with van der Waals surface area (Å²) in [4.78, 5) is 29.9. The Hall–Kier alpha value is -3.73. The molecule has 1 aromatic heterocycles. The first kappa shape index (κ1) is 20.5. The highest BCUT2D eigenvalue weighted by Gasteiger charge is 2.13. The Morgan fingerprint density at radius 1 is 1.00 bits per heavy atom. The van der Waals surface area contributed by atoms with Crippen molar-refractivity contribution < 1.29 is 4.79 Å². The van der Waals surface area contributed by atoms with E-state index in [1.165, 1.54) is 5.56 Å². The fraction of sp³-hybridized carbons (Fsp3) is 0.192. The van der Waals surface area contributed by atoms with Gasteiger partial charge in [-0.15, -0.1) is 0 Å². The van der Waals surface area contributed by atoms with Gasteiger partial charge in [0.25, 0.3) is 11.5 Å². The van der Waals surface area contributed by atoms with Crippen LogP contribution in [0.2, 0.25) is 0 Å². The van der Waals surface area contributed by atoms with Gasteiger partial charge < -0.3 is 9.88 Å². The Bertz CT molecular complexity index is 1260. The molecule has 0 fully saturated rings. The Morgan fingerprint density at radius 3 is 2.39 bits per heavy atom. The number of benzene rings is 3. The topological polar surface area (TPSA) is 64.0 Å². The lowest BCUT2D eigenvalue weighted by Gasteiger charge is -2.14. The molecular weight excluding hydrogens is 386 g/mol. The molecule has 1 N–H and O–H groups in total. The Morgan fingerprint density at radius 2 is 1.68 bits per heavy atom. The highest BCUT2D eigenvalue weighted by atomic mass is 16.1. The molecular formula is C26H25N3O2. The van der Waals surface area contributed by atoms with Crippen molar-refractivity contribution in [3.05, 3.63) is 112 Å². The SMILES string of the molecule is Cc1nc2cc(C(=O)NC[C@@H](C)c3ccccc3)ccc2n(Cc2ccccc2)c1=O. The molecule has 4 aromatic rings. The first-order valence-corrected chi connectivity index (χ1v) is 10.4. The molecule has 1 heterocycles. The van der Waals surface area contributed by atoms with E-state index < -0.39 is 0 Å². The molecule has 0 radical (unpaired) electrons. The van der Waals surface area contributed by atoms with E-state index >= 15 is 0 Å². The molecule has 1 amide bonds. The molecule has 0 aliphatic rings. The Balaban J connectivity index is 1.58. The van der Waals surface area contributed by atoms with Gasteiger partial charge in [0.05, 0.1) is 17.6 Å². The van der Waals surface area contributed by atoms with Crippen molar-refractivity contribution in [2.24, 2.45) is 0 Å². The van der Waals surface area contributed by atoms with Crippen molar-refractivity contribution >= 4 is 16.9 Å². The summed E-state index contributed by atoms with van der Waals surface area (Å²) in [5.41, 5.74) is 4.40. The predicted octanol–water partition coefficient (Wildman–Crippen LogP) is 4.29. The van der Waals surface area contributed by atoms with E-state index in [0.29, 0.717) is 35.4 Å². The van der Waals surface area contributed by atoms with Crippen molar-refractivity contribution in [2.75, 3.05) is 6.54 Å². The van der Waals surface area contributed by atoms with Gasteiger partial charge >= 0.3 is 0 Å². The molecule has 0 aliphatic heterocycles. The maximum Gasteiger partial charge on any atom is 0.272 e. The number of fused-ring (bicyclic) bond motifs is 1. The number of carbonyl (C=O) groups excluding carboxylic acids is 1. The summed E-state index contributed by atoms with van der Waals surface area (Å²) in [6.45, 7) is 4.79.